The predicted octanol–water partition coefficient (Wildman–Crippen LogP) is 1.18. The zero-order valence-electron chi connectivity index (χ0n) is 8.92. The van der Waals surface area contributed by atoms with Crippen molar-refractivity contribution < 1.29 is 0 Å². The van der Waals surface area contributed by atoms with Crippen LogP contribution in [-0.4, -0.2) is 38.6 Å². The second-order valence-corrected chi connectivity index (χ2v) is 4.93. The van der Waals surface area contributed by atoms with Crippen molar-refractivity contribution in [2.45, 2.75) is 19.3 Å². The Labute approximate surface area is 81.7 Å². The second kappa shape index (κ2) is 3.97. The van der Waals surface area contributed by atoms with Crippen molar-refractivity contribution in [2.24, 2.45) is 17.8 Å². The quantitative estimate of drug-likeness (QED) is 0.642. The molecule has 1 N–H and O–H groups in total. The van der Waals surface area contributed by atoms with Crippen molar-refractivity contribution in [3.63, 3.8) is 0 Å². The van der Waals surface area contributed by atoms with Gasteiger partial charge in [-0.15, -0.1) is 0 Å². The van der Waals surface area contributed by atoms with Gasteiger partial charge in [0.25, 0.3) is 0 Å². The fourth-order valence-corrected chi connectivity index (χ4v) is 2.84. The molecular formula is C11H22N2. The lowest BCUT2D eigenvalue weighted by Gasteiger charge is -2.10. The molecule has 2 aliphatic rings. The summed E-state index contributed by atoms with van der Waals surface area (Å²) in [6.07, 6.45) is 4.54. The zero-order valence-corrected chi connectivity index (χ0v) is 8.92. The van der Waals surface area contributed by atoms with Gasteiger partial charge in [0, 0.05) is 13.1 Å². The lowest BCUT2D eigenvalue weighted by molar-refractivity contribution is 0.394. The Hall–Kier alpha value is -0.0800. The highest BCUT2D eigenvalue weighted by Crippen LogP contribution is 2.56. The van der Waals surface area contributed by atoms with Crippen LogP contribution < -0.4 is 5.32 Å². The van der Waals surface area contributed by atoms with E-state index < -0.39 is 0 Å². The first-order valence-corrected chi connectivity index (χ1v) is 5.64. The van der Waals surface area contributed by atoms with Gasteiger partial charge in [0.15, 0.2) is 0 Å². The number of nitrogens with one attached hydrogen (secondary N) is 1. The molecule has 2 atom stereocenters. The van der Waals surface area contributed by atoms with Gasteiger partial charge in [0.05, 0.1) is 0 Å². The van der Waals surface area contributed by atoms with E-state index in [1.54, 1.807) is 0 Å². The maximum Gasteiger partial charge on any atom is 0.0101 e. The van der Waals surface area contributed by atoms with E-state index in [0.29, 0.717) is 0 Å². The summed E-state index contributed by atoms with van der Waals surface area (Å²) in [5, 5.41) is 3.57. The first kappa shape index (κ1) is 9.47. The number of fused-ring (bicyclic) bond motifs is 1. The van der Waals surface area contributed by atoms with Gasteiger partial charge in [-0.2, -0.15) is 0 Å². The number of rotatable bonds is 5. The molecule has 76 valence electrons. The van der Waals surface area contributed by atoms with E-state index in [1.165, 1.54) is 32.4 Å². The van der Waals surface area contributed by atoms with Crippen molar-refractivity contribution in [1.29, 1.82) is 0 Å². The summed E-state index contributed by atoms with van der Waals surface area (Å²) < 4.78 is 0. The third-order valence-electron chi connectivity index (χ3n) is 3.70. The molecule has 2 rings (SSSR count). The molecule has 0 heterocycles. The molecule has 0 spiro atoms. The molecule has 2 heteroatoms. The Kier molecular flexibility index (Phi) is 2.89. The van der Waals surface area contributed by atoms with Crippen LogP contribution in [0.15, 0.2) is 0 Å². The summed E-state index contributed by atoms with van der Waals surface area (Å²) >= 11 is 0. The highest BCUT2D eigenvalue weighted by molar-refractivity contribution is 5.01. The van der Waals surface area contributed by atoms with Crippen molar-refractivity contribution in [3.8, 4) is 0 Å². The Morgan fingerprint density at radius 3 is 2.54 bits per heavy atom. The summed E-state index contributed by atoms with van der Waals surface area (Å²) in [6, 6.07) is 0. The van der Waals surface area contributed by atoms with Crippen molar-refractivity contribution in [3.05, 3.63) is 0 Å². The monoisotopic (exact) mass is 182 g/mol. The third-order valence-corrected chi connectivity index (χ3v) is 3.70. The molecule has 2 saturated carbocycles. The molecule has 0 aromatic rings. The lowest BCUT2D eigenvalue weighted by atomic mass is 10.1. The smallest absolute Gasteiger partial charge is 0.0101 e. The summed E-state index contributed by atoms with van der Waals surface area (Å²) in [6.45, 7) is 3.61. The van der Waals surface area contributed by atoms with Gasteiger partial charge in [-0.05, 0) is 51.2 Å². The van der Waals surface area contributed by atoms with Crippen molar-refractivity contribution >= 4 is 0 Å². The predicted molar refractivity (Wildman–Crippen MR) is 55.7 cm³/mol. The molecule has 0 bridgehead atoms. The minimum Gasteiger partial charge on any atom is -0.315 e. The first-order valence-electron chi connectivity index (χ1n) is 5.64. The van der Waals surface area contributed by atoms with Crippen molar-refractivity contribution in [1.82, 2.24) is 10.2 Å². The molecule has 2 unspecified atom stereocenters. The Bertz CT molecular complexity index is 157. The maximum atomic E-state index is 3.57. The van der Waals surface area contributed by atoms with Gasteiger partial charge in [0.2, 0.25) is 0 Å². The van der Waals surface area contributed by atoms with Crippen LogP contribution in [0.5, 0.6) is 0 Å². The molecule has 13 heavy (non-hydrogen) atoms. The Balaban J connectivity index is 1.51. The van der Waals surface area contributed by atoms with Gasteiger partial charge >= 0.3 is 0 Å². The summed E-state index contributed by atoms with van der Waals surface area (Å²) in [5.74, 6) is 3.29. The van der Waals surface area contributed by atoms with Crippen LogP contribution >= 0.6 is 0 Å². The summed E-state index contributed by atoms with van der Waals surface area (Å²) in [5.41, 5.74) is 0. The van der Waals surface area contributed by atoms with Gasteiger partial charge in [-0.3, -0.25) is 0 Å². The van der Waals surface area contributed by atoms with E-state index in [9.17, 15) is 0 Å². The molecule has 2 aliphatic carbocycles. The molecule has 0 amide bonds. The highest BCUT2D eigenvalue weighted by atomic mass is 15.1. The fourth-order valence-electron chi connectivity index (χ4n) is 2.84. The molecule has 2 nitrogen and oxygen atoms in total. The second-order valence-electron chi connectivity index (χ2n) is 4.93. The van der Waals surface area contributed by atoms with E-state index >= 15 is 0 Å². The third kappa shape index (κ3) is 2.23. The molecular weight excluding hydrogens is 160 g/mol. The molecule has 2 fully saturated rings. The van der Waals surface area contributed by atoms with E-state index in [1.807, 2.05) is 0 Å². The topological polar surface area (TPSA) is 15.3 Å². The van der Waals surface area contributed by atoms with E-state index in [-0.39, 0.29) is 0 Å². The van der Waals surface area contributed by atoms with Crippen LogP contribution in [0.1, 0.15) is 19.3 Å². The van der Waals surface area contributed by atoms with E-state index in [4.69, 9.17) is 0 Å². The fraction of sp³-hybridized carbons (Fsp3) is 1.00. The van der Waals surface area contributed by atoms with Gasteiger partial charge < -0.3 is 10.2 Å². The normalized spacial score (nSPS) is 36.7. The van der Waals surface area contributed by atoms with Crippen LogP contribution in [0, 0.1) is 17.8 Å². The standard InChI is InChI=1S/C11H22N2/c1-13(2)7-6-12-8-11-9-4-3-5-10(9)11/h9-12H,3-8H2,1-2H3. The van der Waals surface area contributed by atoms with Crippen LogP contribution in [0.25, 0.3) is 0 Å². The molecule has 0 aromatic carbocycles. The number of hydrogen-bond acceptors (Lipinski definition) is 2. The maximum absolute atomic E-state index is 3.57. The summed E-state index contributed by atoms with van der Waals surface area (Å²) in [7, 11) is 4.26. The average molecular weight is 182 g/mol. The van der Waals surface area contributed by atoms with Crippen LogP contribution in [0.3, 0.4) is 0 Å². The summed E-state index contributed by atoms with van der Waals surface area (Å²) in [4.78, 5) is 2.24. The molecule has 0 aliphatic heterocycles. The molecule has 0 radical (unpaired) electrons. The lowest BCUT2D eigenvalue weighted by Crippen LogP contribution is -2.28. The van der Waals surface area contributed by atoms with Crippen molar-refractivity contribution in [2.75, 3.05) is 33.7 Å². The van der Waals surface area contributed by atoms with E-state index in [0.717, 1.165) is 24.3 Å². The van der Waals surface area contributed by atoms with Crippen LogP contribution in [0.4, 0.5) is 0 Å². The zero-order chi connectivity index (χ0) is 9.26. The molecule has 0 saturated heterocycles. The van der Waals surface area contributed by atoms with Gasteiger partial charge in [0.1, 0.15) is 0 Å². The minimum absolute atomic E-state index is 1.05. The number of likely N-dealkylation sites (N-methyl/N-ethyl adjacent to an activating group) is 1. The Morgan fingerprint density at radius 2 is 1.92 bits per heavy atom. The van der Waals surface area contributed by atoms with Crippen LogP contribution in [-0.2, 0) is 0 Å². The number of hydrogen-bond donors (Lipinski definition) is 1. The minimum atomic E-state index is 1.05. The number of nitrogens with zero attached hydrogens (tertiary/aromatic N) is 1. The SMILES string of the molecule is CN(C)CCNCC1C2CCCC21. The van der Waals surface area contributed by atoms with Gasteiger partial charge in [-0.25, -0.2) is 0 Å². The van der Waals surface area contributed by atoms with Gasteiger partial charge in [-0.1, -0.05) is 6.42 Å². The largest absolute Gasteiger partial charge is 0.315 e. The molecule has 0 aromatic heterocycles. The average Bonchev–Trinajstić information content (AvgIpc) is 2.57. The highest BCUT2D eigenvalue weighted by Gasteiger charge is 2.51. The van der Waals surface area contributed by atoms with Crippen LogP contribution in [0.2, 0.25) is 0 Å². The Morgan fingerprint density at radius 1 is 1.23 bits per heavy atom. The van der Waals surface area contributed by atoms with E-state index in [2.05, 4.69) is 24.3 Å². The first-order chi connectivity index (χ1) is 6.29.